The first kappa shape index (κ1) is 14.0. The second-order valence-corrected chi connectivity index (χ2v) is 4.03. The Morgan fingerprint density at radius 1 is 1.10 bits per heavy atom. The second-order valence-electron chi connectivity index (χ2n) is 4.03. The minimum atomic E-state index is -4.46. The summed E-state index contributed by atoms with van der Waals surface area (Å²) in [6.07, 6.45) is -0.226. The van der Waals surface area contributed by atoms with Crippen LogP contribution in [0.1, 0.15) is 21.6 Å². The monoisotopic (exact) mass is 277 g/mol. The van der Waals surface area contributed by atoms with Crippen LogP contribution in [0.2, 0.25) is 0 Å². The maximum Gasteiger partial charge on any atom is 0.416 e. The van der Waals surface area contributed by atoms with E-state index in [2.05, 4.69) is 4.98 Å². The van der Waals surface area contributed by atoms with E-state index >= 15 is 0 Å². The molecule has 0 fully saturated rings. The Labute approximate surface area is 113 Å². The van der Waals surface area contributed by atoms with Gasteiger partial charge in [-0.3, -0.25) is 9.78 Å². The average molecular weight is 277 g/mol. The van der Waals surface area contributed by atoms with Gasteiger partial charge in [-0.2, -0.15) is 13.2 Å². The molecule has 0 atom stereocenters. The number of hydrogen-bond acceptors (Lipinski definition) is 2. The van der Waals surface area contributed by atoms with Gasteiger partial charge in [-0.1, -0.05) is 18.2 Å². The lowest BCUT2D eigenvalue weighted by atomic mass is 10.1. The molecule has 0 N–H and O–H groups in total. The van der Waals surface area contributed by atoms with Crippen molar-refractivity contribution in [2.24, 2.45) is 0 Å². The Morgan fingerprint density at radius 2 is 1.90 bits per heavy atom. The summed E-state index contributed by atoms with van der Waals surface area (Å²) in [7, 11) is 0. The lowest BCUT2D eigenvalue weighted by Gasteiger charge is -2.06. The molecule has 2 aromatic rings. The summed E-state index contributed by atoms with van der Waals surface area (Å²) in [5, 5.41) is 0. The highest BCUT2D eigenvalue weighted by Gasteiger charge is 2.30. The average Bonchev–Trinajstić information content (AvgIpc) is 2.45. The maximum atomic E-state index is 12.5. The molecule has 5 heteroatoms. The number of ketones is 1. The summed E-state index contributed by atoms with van der Waals surface area (Å²) in [4.78, 5) is 15.8. The largest absolute Gasteiger partial charge is 0.416 e. The Hall–Kier alpha value is -2.43. The second kappa shape index (κ2) is 5.69. The molecule has 0 bridgehead atoms. The molecule has 2 rings (SSSR count). The number of hydrogen-bond donors (Lipinski definition) is 0. The van der Waals surface area contributed by atoms with E-state index in [-0.39, 0.29) is 5.56 Å². The van der Waals surface area contributed by atoms with Crippen LogP contribution in [-0.4, -0.2) is 10.8 Å². The van der Waals surface area contributed by atoms with Crippen LogP contribution in [0.25, 0.3) is 6.08 Å². The lowest BCUT2D eigenvalue weighted by Crippen LogP contribution is -2.06. The molecule has 0 amide bonds. The quantitative estimate of drug-likeness (QED) is 0.627. The molecule has 0 aliphatic rings. The number of rotatable bonds is 3. The Kier molecular flexibility index (Phi) is 3.98. The van der Waals surface area contributed by atoms with Gasteiger partial charge < -0.3 is 0 Å². The van der Waals surface area contributed by atoms with Crippen molar-refractivity contribution >= 4 is 11.9 Å². The van der Waals surface area contributed by atoms with Gasteiger partial charge in [-0.05, 0) is 36.4 Å². The standard InChI is InChI=1S/C15H10F3NO/c16-15(17,18)12-5-3-4-11(10-12)14(20)8-7-13-6-1-2-9-19-13/h1-10H. The molecule has 0 spiro atoms. The van der Waals surface area contributed by atoms with Crippen LogP contribution in [0.5, 0.6) is 0 Å². The Balaban J connectivity index is 2.20. The predicted octanol–water partition coefficient (Wildman–Crippen LogP) is 4.00. The molecule has 0 saturated heterocycles. The highest BCUT2D eigenvalue weighted by Crippen LogP contribution is 2.29. The number of carbonyl (C=O) groups excluding carboxylic acids is 1. The van der Waals surface area contributed by atoms with E-state index in [0.717, 1.165) is 12.1 Å². The molecule has 1 heterocycles. The van der Waals surface area contributed by atoms with Crippen LogP contribution < -0.4 is 0 Å². The van der Waals surface area contributed by atoms with Gasteiger partial charge in [0.15, 0.2) is 5.78 Å². The number of aromatic nitrogens is 1. The summed E-state index contributed by atoms with van der Waals surface area (Å²) in [5.41, 5.74) is -0.283. The maximum absolute atomic E-state index is 12.5. The fourth-order valence-corrected chi connectivity index (χ4v) is 1.58. The molecule has 20 heavy (non-hydrogen) atoms. The third kappa shape index (κ3) is 3.54. The summed E-state index contributed by atoms with van der Waals surface area (Å²) in [6.45, 7) is 0. The van der Waals surface area contributed by atoms with Gasteiger partial charge in [-0.15, -0.1) is 0 Å². The molecule has 0 aliphatic carbocycles. The van der Waals surface area contributed by atoms with Crippen LogP contribution >= 0.6 is 0 Å². The van der Waals surface area contributed by atoms with Crippen molar-refractivity contribution in [3.63, 3.8) is 0 Å². The van der Waals surface area contributed by atoms with Gasteiger partial charge >= 0.3 is 6.18 Å². The van der Waals surface area contributed by atoms with E-state index in [4.69, 9.17) is 0 Å². The molecular weight excluding hydrogens is 267 g/mol. The zero-order chi connectivity index (χ0) is 14.6. The molecule has 0 radical (unpaired) electrons. The summed E-state index contributed by atoms with van der Waals surface area (Å²) < 4.78 is 37.6. The first-order valence-corrected chi connectivity index (χ1v) is 5.77. The van der Waals surface area contributed by atoms with Crippen molar-refractivity contribution in [1.29, 1.82) is 0 Å². The van der Waals surface area contributed by atoms with Crippen molar-refractivity contribution in [2.75, 3.05) is 0 Å². The minimum Gasteiger partial charge on any atom is -0.289 e. The Bertz CT molecular complexity index is 633. The third-order valence-corrected chi connectivity index (χ3v) is 2.57. The van der Waals surface area contributed by atoms with Crippen molar-refractivity contribution in [1.82, 2.24) is 4.98 Å². The molecule has 1 aromatic carbocycles. The molecule has 2 nitrogen and oxygen atoms in total. The number of halogens is 3. The zero-order valence-electron chi connectivity index (χ0n) is 10.3. The summed E-state index contributed by atoms with van der Waals surface area (Å²) >= 11 is 0. The molecule has 0 saturated carbocycles. The molecule has 0 unspecified atom stereocenters. The van der Waals surface area contributed by atoms with E-state index < -0.39 is 17.5 Å². The third-order valence-electron chi connectivity index (χ3n) is 2.57. The number of allylic oxidation sites excluding steroid dienone is 1. The van der Waals surface area contributed by atoms with Crippen molar-refractivity contribution in [3.05, 3.63) is 71.6 Å². The molecule has 0 aliphatic heterocycles. The topological polar surface area (TPSA) is 30.0 Å². The van der Waals surface area contributed by atoms with E-state index in [9.17, 15) is 18.0 Å². The summed E-state index contributed by atoms with van der Waals surface area (Å²) in [5.74, 6) is -0.498. The van der Waals surface area contributed by atoms with Crippen molar-refractivity contribution in [2.45, 2.75) is 6.18 Å². The highest BCUT2D eigenvalue weighted by molar-refractivity contribution is 6.06. The normalized spacial score (nSPS) is 11.8. The molecular formula is C15H10F3NO. The van der Waals surface area contributed by atoms with Crippen molar-refractivity contribution < 1.29 is 18.0 Å². The van der Waals surface area contributed by atoms with Crippen LogP contribution in [0.3, 0.4) is 0 Å². The fourth-order valence-electron chi connectivity index (χ4n) is 1.58. The van der Waals surface area contributed by atoms with Gasteiger partial charge in [0.05, 0.1) is 11.3 Å². The number of pyridine rings is 1. The van der Waals surface area contributed by atoms with Gasteiger partial charge in [0.2, 0.25) is 0 Å². The first-order valence-electron chi connectivity index (χ1n) is 5.77. The first-order chi connectivity index (χ1) is 9.47. The fraction of sp³-hybridized carbons (Fsp3) is 0.0667. The lowest BCUT2D eigenvalue weighted by molar-refractivity contribution is -0.137. The SMILES string of the molecule is O=C(C=Cc1ccccn1)c1cccc(C(F)(F)F)c1. The molecule has 1 aromatic heterocycles. The van der Waals surface area contributed by atoms with E-state index in [1.54, 1.807) is 24.4 Å². The van der Waals surface area contributed by atoms with Gasteiger partial charge in [0.25, 0.3) is 0 Å². The van der Waals surface area contributed by atoms with Gasteiger partial charge in [0, 0.05) is 11.8 Å². The van der Waals surface area contributed by atoms with Gasteiger partial charge in [-0.25, -0.2) is 0 Å². The Morgan fingerprint density at radius 3 is 2.55 bits per heavy atom. The van der Waals surface area contributed by atoms with Crippen LogP contribution in [0.15, 0.2) is 54.7 Å². The number of alkyl halides is 3. The summed E-state index contributed by atoms with van der Waals surface area (Å²) in [6, 6.07) is 9.50. The smallest absolute Gasteiger partial charge is 0.289 e. The zero-order valence-corrected chi connectivity index (χ0v) is 10.3. The number of benzene rings is 1. The van der Waals surface area contributed by atoms with Crippen LogP contribution in [-0.2, 0) is 6.18 Å². The van der Waals surface area contributed by atoms with Gasteiger partial charge in [0.1, 0.15) is 0 Å². The van der Waals surface area contributed by atoms with E-state index in [0.29, 0.717) is 5.69 Å². The van der Waals surface area contributed by atoms with Crippen LogP contribution in [0.4, 0.5) is 13.2 Å². The number of carbonyl (C=O) groups is 1. The predicted molar refractivity (Wildman–Crippen MR) is 69.0 cm³/mol. The van der Waals surface area contributed by atoms with E-state index in [1.165, 1.54) is 24.3 Å². The van der Waals surface area contributed by atoms with E-state index in [1.807, 2.05) is 0 Å². The number of nitrogens with zero attached hydrogens (tertiary/aromatic N) is 1. The highest BCUT2D eigenvalue weighted by atomic mass is 19.4. The molecule has 102 valence electrons. The van der Waals surface area contributed by atoms with Crippen LogP contribution in [0, 0.1) is 0 Å². The van der Waals surface area contributed by atoms with Crippen molar-refractivity contribution in [3.8, 4) is 0 Å². The minimum absolute atomic E-state index is 0.00740.